The second-order valence-electron chi connectivity index (χ2n) is 7.34. The molecule has 4 aromatic rings. The second-order valence-corrected chi connectivity index (χ2v) is 7.34. The number of aryl methyl sites for hydroxylation is 1. The van der Waals surface area contributed by atoms with Gasteiger partial charge in [-0.05, 0) is 61.0 Å². The SMILES string of the molecule is Cc1nn(Cc2ccccn2)c(-c2ccc(F)cc2)c1-c1ccc2c(c1)NC(=O)CO2. The van der Waals surface area contributed by atoms with E-state index in [9.17, 15) is 9.18 Å². The van der Waals surface area contributed by atoms with E-state index in [0.717, 1.165) is 33.8 Å². The van der Waals surface area contributed by atoms with Crippen molar-refractivity contribution in [1.82, 2.24) is 14.8 Å². The van der Waals surface area contributed by atoms with Gasteiger partial charge in [-0.1, -0.05) is 12.1 Å². The first-order chi connectivity index (χ1) is 15.1. The number of carbonyl (C=O) groups excluding carboxylic acids is 1. The lowest BCUT2D eigenvalue weighted by Crippen LogP contribution is -2.25. The van der Waals surface area contributed by atoms with Crippen LogP contribution in [0.25, 0.3) is 22.4 Å². The highest BCUT2D eigenvalue weighted by molar-refractivity contribution is 5.97. The smallest absolute Gasteiger partial charge is 0.262 e. The van der Waals surface area contributed by atoms with Crippen molar-refractivity contribution in [1.29, 1.82) is 0 Å². The molecule has 7 heteroatoms. The number of ether oxygens (including phenoxy) is 1. The van der Waals surface area contributed by atoms with Crippen molar-refractivity contribution in [3.05, 3.63) is 84.1 Å². The molecule has 31 heavy (non-hydrogen) atoms. The van der Waals surface area contributed by atoms with Crippen molar-refractivity contribution < 1.29 is 13.9 Å². The van der Waals surface area contributed by atoms with Gasteiger partial charge in [0.05, 0.1) is 29.3 Å². The van der Waals surface area contributed by atoms with Gasteiger partial charge < -0.3 is 10.1 Å². The number of hydrogen-bond donors (Lipinski definition) is 1. The van der Waals surface area contributed by atoms with E-state index < -0.39 is 0 Å². The molecule has 2 aromatic heterocycles. The summed E-state index contributed by atoms with van der Waals surface area (Å²) in [6, 6.07) is 17.8. The number of amides is 1. The standard InChI is InChI=1S/C24H19FN4O2/c1-15-23(17-7-10-21-20(12-17)27-22(30)14-31-21)24(16-5-8-18(25)9-6-16)29(28-15)13-19-4-2-3-11-26-19/h2-12H,13-14H2,1H3,(H,27,30). The maximum Gasteiger partial charge on any atom is 0.262 e. The van der Waals surface area contributed by atoms with Crippen molar-refractivity contribution in [2.75, 3.05) is 11.9 Å². The molecule has 0 spiro atoms. The summed E-state index contributed by atoms with van der Waals surface area (Å²) >= 11 is 0. The molecule has 3 heterocycles. The van der Waals surface area contributed by atoms with E-state index in [1.165, 1.54) is 12.1 Å². The summed E-state index contributed by atoms with van der Waals surface area (Å²) < 4.78 is 21.0. The van der Waals surface area contributed by atoms with Gasteiger partial charge in [0.15, 0.2) is 6.61 Å². The Bertz CT molecular complexity index is 1270. The molecule has 0 saturated heterocycles. The lowest BCUT2D eigenvalue weighted by molar-refractivity contribution is -0.118. The highest BCUT2D eigenvalue weighted by Crippen LogP contribution is 2.39. The zero-order chi connectivity index (χ0) is 21.4. The molecule has 154 valence electrons. The van der Waals surface area contributed by atoms with Crippen LogP contribution in [0.4, 0.5) is 10.1 Å². The van der Waals surface area contributed by atoms with Gasteiger partial charge in [0.1, 0.15) is 11.6 Å². The normalized spacial score (nSPS) is 12.8. The number of benzene rings is 2. The summed E-state index contributed by atoms with van der Waals surface area (Å²) in [7, 11) is 0. The minimum atomic E-state index is -0.300. The predicted molar refractivity (Wildman–Crippen MR) is 115 cm³/mol. The maximum atomic E-state index is 13.6. The largest absolute Gasteiger partial charge is 0.482 e. The van der Waals surface area contributed by atoms with E-state index in [4.69, 9.17) is 9.84 Å². The Kier molecular flexibility index (Phi) is 4.71. The Morgan fingerprint density at radius 2 is 1.90 bits per heavy atom. The summed E-state index contributed by atoms with van der Waals surface area (Å²) in [5.41, 5.74) is 5.79. The van der Waals surface area contributed by atoms with Crippen molar-refractivity contribution in [3.8, 4) is 28.1 Å². The molecule has 6 nitrogen and oxygen atoms in total. The average molecular weight is 414 g/mol. The molecule has 1 N–H and O–H groups in total. The summed E-state index contributed by atoms with van der Waals surface area (Å²) in [5, 5.41) is 7.62. The van der Waals surface area contributed by atoms with Crippen LogP contribution >= 0.6 is 0 Å². The van der Waals surface area contributed by atoms with E-state index in [1.54, 1.807) is 18.3 Å². The fraction of sp³-hybridized carbons (Fsp3) is 0.125. The molecule has 0 unspecified atom stereocenters. The number of anilines is 1. The summed E-state index contributed by atoms with van der Waals surface area (Å²) in [4.78, 5) is 16.2. The van der Waals surface area contributed by atoms with Crippen molar-refractivity contribution in [2.45, 2.75) is 13.5 Å². The van der Waals surface area contributed by atoms with E-state index in [-0.39, 0.29) is 18.3 Å². The number of carbonyl (C=O) groups is 1. The number of nitrogens with zero attached hydrogens (tertiary/aromatic N) is 3. The molecule has 0 aliphatic carbocycles. The molecule has 1 aliphatic heterocycles. The molecule has 1 amide bonds. The van der Waals surface area contributed by atoms with E-state index >= 15 is 0 Å². The van der Waals surface area contributed by atoms with Gasteiger partial charge in [-0.15, -0.1) is 0 Å². The first-order valence-corrected chi connectivity index (χ1v) is 9.89. The van der Waals surface area contributed by atoms with E-state index in [0.29, 0.717) is 18.0 Å². The number of hydrogen-bond acceptors (Lipinski definition) is 4. The number of aromatic nitrogens is 3. The van der Waals surface area contributed by atoms with Crippen LogP contribution in [0.1, 0.15) is 11.4 Å². The number of pyridine rings is 1. The molecule has 2 aromatic carbocycles. The molecule has 0 radical (unpaired) electrons. The van der Waals surface area contributed by atoms with Gasteiger partial charge in [-0.2, -0.15) is 5.10 Å². The molecule has 0 saturated carbocycles. The van der Waals surface area contributed by atoms with Gasteiger partial charge in [-0.25, -0.2) is 4.39 Å². The third kappa shape index (κ3) is 3.66. The third-order valence-electron chi connectivity index (χ3n) is 5.18. The Balaban J connectivity index is 1.67. The van der Waals surface area contributed by atoms with Crippen molar-refractivity contribution >= 4 is 11.6 Å². The number of fused-ring (bicyclic) bond motifs is 1. The summed E-state index contributed by atoms with van der Waals surface area (Å²) in [6.45, 7) is 2.42. The Hall–Kier alpha value is -4.00. The molecule has 1 aliphatic rings. The topological polar surface area (TPSA) is 69.0 Å². The third-order valence-corrected chi connectivity index (χ3v) is 5.18. The highest BCUT2D eigenvalue weighted by atomic mass is 19.1. The second kappa shape index (κ2) is 7.68. The van der Waals surface area contributed by atoms with Gasteiger partial charge in [-0.3, -0.25) is 14.5 Å². The molecule has 5 rings (SSSR count). The fourth-order valence-corrected chi connectivity index (χ4v) is 3.83. The quantitative estimate of drug-likeness (QED) is 0.536. The van der Waals surface area contributed by atoms with Crippen LogP contribution < -0.4 is 10.1 Å². The Morgan fingerprint density at radius 3 is 2.68 bits per heavy atom. The predicted octanol–water partition coefficient (Wildman–Crippen LogP) is 4.44. The maximum absolute atomic E-state index is 13.6. The minimum absolute atomic E-state index is 0.00815. The van der Waals surface area contributed by atoms with Crippen LogP contribution in [-0.4, -0.2) is 27.3 Å². The van der Waals surface area contributed by atoms with Crippen LogP contribution in [0.5, 0.6) is 5.75 Å². The van der Waals surface area contributed by atoms with Crippen molar-refractivity contribution in [3.63, 3.8) is 0 Å². The van der Waals surface area contributed by atoms with Crippen LogP contribution in [0, 0.1) is 12.7 Å². The van der Waals surface area contributed by atoms with Crippen molar-refractivity contribution in [2.24, 2.45) is 0 Å². The average Bonchev–Trinajstić information content (AvgIpc) is 3.10. The summed E-state index contributed by atoms with van der Waals surface area (Å²) in [5.74, 6) is 0.141. The molecular weight excluding hydrogens is 395 g/mol. The Labute approximate surface area is 178 Å². The lowest BCUT2D eigenvalue weighted by atomic mass is 9.98. The zero-order valence-electron chi connectivity index (χ0n) is 16.8. The van der Waals surface area contributed by atoms with Gasteiger partial charge in [0.25, 0.3) is 5.91 Å². The van der Waals surface area contributed by atoms with Gasteiger partial charge in [0.2, 0.25) is 0 Å². The first kappa shape index (κ1) is 19.0. The molecule has 0 atom stereocenters. The molecule has 0 bridgehead atoms. The van der Waals surface area contributed by atoms with Crippen LogP contribution in [0.15, 0.2) is 66.9 Å². The summed E-state index contributed by atoms with van der Waals surface area (Å²) in [6.07, 6.45) is 1.75. The lowest BCUT2D eigenvalue weighted by Gasteiger charge is -2.19. The van der Waals surface area contributed by atoms with Crippen LogP contribution in [0.3, 0.4) is 0 Å². The fourth-order valence-electron chi connectivity index (χ4n) is 3.83. The van der Waals surface area contributed by atoms with Crippen LogP contribution in [-0.2, 0) is 11.3 Å². The molecule has 0 fully saturated rings. The van der Waals surface area contributed by atoms with Crippen LogP contribution in [0.2, 0.25) is 0 Å². The van der Waals surface area contributed by atoms with E-state index in [2.05, 4.69) is 10.3 Å². The monoisotopic (exact) mass is 414 g/mol. The van der Waals surface area contributed by atoms with Gasteiger partial charge >= 0.3 is 0 Å². The number of nitrogens with one attached hydrogen (secondary N) is 1. The number of rotatable bonds is 4. The highest BCUT2D eigenvalue weighted by Gasteiger charge is 2.22. The number of halogens is 1. The van der Waals surface area contributed by atoms with E-state index in [1.807, 2.05) is 48.0 Å². The van der Waals surface area contributed by atoms with Gasteiger partial charge in [0, 0.05) is 17.3 Å². The molecular formula is C24H19FN4O2. The zero-order valence-corrected chi connectivity index (χ0v) is 16.8. The first-order valence-electron chi connectivity index (χ1n) is 9.89. The Morgan fingerprint density at radius 1 is 1.10 bits per heavy atom. The minimum Gasteiger partial charge on any atom is -0.482 e.